The Bertz CT molecular complexity index is 831. The van der Waals surface area contributed by atoms with Crippen molar-refractivity contribution in [1.29, 1.82) is 0 Å². The molecule has 0 saturated carbocycles. The minimum atomic E-state index is -0.299. The first-order chi connectivity index (χ1) is 15.2. The molecule has 1 atom stereocenters. The summed E-state index contributed by atoms with van der Waals surface area (Å²) in [5, 5.41) is 0.600. The van der Waals surface area contributed by atoms with Crippen LogP contribution < -0.4 is 4.74 Å². The molecule has 32 heavy (non-hydrogen) atoms. The lowest BCUT2D eigenvalue weighted by Gasteiger charge is -2.20. The second-order valence-electron chi connectivity index (χ2n) is 8.85. The van der Waals surface area contributed by atoms with Crippen molar-refractivity contribution in [3.8, 4) is 5.75 Å². The van der Waals surface area contributed by atoms with E-state index in [0.29, 0.717) is 11.8 Å². The minimum absolute atomic E-state index is 0.101. The topological polar surface area (TPSA) is 61.3 Å². The van der Waals surface area contributed by atoms with Gasteiger partial charge in [0.15, 0.2) is 5.16 Å². The minimum Gasteiger partial charge on any atom is -0.490 e. The Hall–Kier alpha value is -1.73. The van der Waals surface area contributed by atoms with E-state index in [1.165, 1.54) is 17.3 Å². The van der Waals surface area contributed by atoms with Gasteiger partial charge in [-0.25, -0.2) is 9.97 Å². The molecule has 2 aromatic rings. The van der Waals surface area contributed by atoms with Crippen molar-refractivity contribution in [3.05, 3.63) is 47.3 Å². The van der Waals surface area contributed by atoms with Crippen molar-refractivity contribution in [2.45, 2.75) is 71.1 Å². The van der Waals surface area contributed by atoms with Gasteiger partial charge in [0, 0.05) is 17.1 Å². The molecule has 1 aromatic carbocycles. The molecule has 0 N–H and O–H groups in total. The van der Waals surface area contributed by atoms with Gasteiger partial charge in [0.1, 0.15) is 18.5 Å². The van der Waals surface area contributed by atoms with Gasteiger partial charge in [-0.3, -0.25) is 4.79 Å². The standard InChI is InChI=1S/C25H36N2O3S2/c1-7-8-13-31-16-22(15-29-21-11-9-20(10-12-21)25(4,5)6)30-23(28)17-32-24-26-18(2)14-19(3)27-24/h9-12,14,22H,7-8,13,15-17H2,1-6H3. The zero-order chi connectivity index (χ0) is 23.6. The van der Waals surface area contributed by atoms with Crippen LogP contribution in [0.2, 0.25) is 0 Å². The zero-order valence-electron chi connectivity index (χ0n) is 20.1. The van der Waals surface area contributed by atoms with Crippen molar-refractivity contribution in [2.75, 3.05) is 23.9 Å². The molecule has 0 saturated heterocycles. The molecule has 0 amide bonds. The highest BCUT2D eigenvalue weighted by molar-refractivity contribution is 7.99. The van der Waals surface area contributed by atoms with E-state index in [4.69, 9.17) is 9.47 Å². The predicted octanol–water partition coefficient (Wildman–Crippen LogP) is 6.01. The van der Waals surface area contributed by atoms with Crippen LogP contribution in [0.25, 0.3) is 0 Å². The molecule has 0 fully saturated rings. The maximum absolute atomic E-state index is 12.5. The molecule has 1 unspecified atom stereocenters. The lowest BCUT2D eigenvalue weighted by molar-refractivity contribution is -0.145. The van der Waals surface area contributed by atoms with Gasteiger partial charge in [-0.1, -0.05) is 58.0 Å². The number of nitrogens with zero attached hydrogens (tertiary/aromatic N) is 2. The fraction of sp³-hybridized carbons (Fsp3) is 0.560. The van der Waals surface area contributed by atoms with Gasteiger partial charge >= 0.3 is 5.97 Å². The van der Waals surface area contributed by atoms with Crippen LogP contribution in [0.5, 0.6) is 5.75 Å². The molecule has 0 radical (unpaired) electrons. The van der Waals surface area contributed by atoms with Crippen molar-refractivity contribution in [1.82, 2.24) is 9.97 Å². The van der Waals surface area contributed by atoms with Gasteiger partial charge in [0.25, 0.3) is 0 Å². The van der Waals surface area contributed by atoms with E-state index >= 15 is 0 Å². The smallest absolute Gasteiger partial charge is 0.316 e. The maximum atomic E-state index is 12.5. The summed E-state index contributed by atoms with van der Waals surface area (Å²) in [6.45, 7) is 12.9. The van der Waals surface area contributed by atoms with E-state index in [-0.39, 0.29) is 23.2 Å². The summed E-state index contributed by atoms with van der Waals surface area (Å²) in [6, 6.07) is 10.1. The maximum Gasteiger partial charge on any atom is 0.316 e. The predicted molar refractivity (Wildman–Crippen MR) is 135 cm³/mol. The van der Waals surface area contributed by atoms with Crippen LogP contribution in [0.15, 0.2) is 35.5 Å². The summed E-state index contributed by atoms with van der Waals surface area (Å²) in [4.78, 5) is 21.2. The van der Waals surface area contributed by atoms with Gasteiger partial charge in [-0.2, -0.15) is 11.8 Å². The number of aryl methyl sites for hydroxylation is 2. The van der Waals surface area contributed by atoms with Crippen molar-refractivity contribution >= 4 is 29.5 Å². The first kappa shape index (κ1) is 26.5. The first-order valence-corrected chi connectivity index (χ1v) is 13.3. The van der Waals surface area contributed by atoms with E-state index in [0.717, 1.165) is 41.5 Å². The molecular weight excluding hydrogens is 440 g/mol. The quantitative estimate of drug-likeness (QED) is 0.161. The zero-order valence-corrected chi connectivity index (χ0v) is 21.8. The number of carbonyl (C=O) groups excluding carboxylic acids is 1. The SMILES string of the molecule is CCCCSCC(COc1ccc(C(C)(C)C)cc1)OC(=O)CSc1nc(C)cc(C)n1. The van der Waals surface area contributed by atoms with Crippen molar-refractivity contribution in [3.63, 3.8) is 0 Å². The van der Waals surface area contributed by atoms with Gasteiger partial charge in [0.2, 0.25) is 0 Å². The lowest BCUT2D eigenvalue weighted by atomic mass is 9.87. The highest BCUT2D eigenvalue weighted by Gasteiger charge is 2.18. The van der Waals surface area contributed by atoms with Crippen LogP contribution >= 0.6 is 23.5 Å². The number of esters is 1. The number of rotatable bonds is 12. The summed E-state index contributed by atoms with van der Waals surface area (Å²) in [5.41, 5.74) is 3.14. The number of carbonyl (C=O) groups is 1. The van der Waals surface area contributed by atoms with E-state index < -0.39 is 0 Å². The number of hydrogen-bond donors (Lipinski definition) is 0. The van der Waals surface area contributed by atoms with Crippen LogP contribution in [0.3, 0.4) is 0 Å². The molecule has 2 rings (SSSR count). The summed E-state index contributed by atoms with van der Waals surface area (Å²) < 4.78 is 11.7. The van der Waals surface area contributed by atoms with Gasteiger partial charge in [-0.15, -0.1) is 0 Å². The van der Waals surface area contributed by atoms with Gasteiger partial charge < -0.3 is 9.47 Å². The normalized spacial score (nSPS) is 12.4. The van der Waals surface area contributed by atoms with E-state index in [1.807, 2.05) is 32.0 Å². The molecule has 0 bridgehead atoms. The Morgan fingerprint density at radius 1 is 1.09 bits per heavy atom. The third-order valence-corrected chi connectivity index (χ3v) is 6.69. The van der Waals surface area contributed by atoms with Crippen LogP contribution in [0, 0.1) is 13.8 Å². The van der Waals surface area contributed by atoms with Crippen LogP contribution in [-0.4, -0.2) is 45.9 Å². The Balaban J connectivity index is 1.90. The van der Waals surface area contributed by atoms with Gasteiger partial charge in [0.05, 0.1) is 5.75 Å². The molecule has 5 nitrogen and oxygen atoms in total. The highest BCUT2D eigenvalue weighted by atomic mass is 32.2. The number of ether oxygens (including phenoxy) is 2. The van der Waals surface area contributed by atoms with Crippen LogP contribution in [-0.2, 0) is 14.9 Å². The fourth-order valence-corrected chi connectivity index (χ4v) is 4.74. The number of hydrogen-bond acceptors (Lipinski definition) is 7. The largest absolute Gasteiger partial charge is 0.490 e. The number of aromatic nitrogens is 2. The summed E-state index contributed by atoms with van der Waals surface area (Å²) in [7, 11) is 0. The number of thioether (sulfide) groups is 2. The molecule has 1 aromatic heterocycles. The fourth-order valence-electron chi connectivity index (χ4n) is 2.92. The third kappa shape index (κ3) is 9.82. The van der Waals surface area contributed by atoms with Crippen molar-refractivity contribution < 1.29 is 14.3 Å². The molecular formula is C25H36N2O3S2. The van der Waals surface area contributed by atoms with E-state index in [9.17, 15) is 4.79 Å². The first-order valence-electron chi connectivity index (χ1n) is 11.1. The Kier molecular flexibility index (Phi) is 10.9. The summed E-state index contributed by atoms with van der Waals surface area (Å²) in [5.74, 6) is 2.47. The molecule has 7 heteroatoms. The summed E-state index contributed by atoms with van der Waals surface area (Å²) in [6.07, 6.45) is 2.01. The van der Waals surface area contributed by atoms with Crippen molar-refractivity contribution in [2.24, 2.45) is 0 Å². The van der Waals surface area contributed by atoms with Crippen LogP contribution in [0.1, 0.15) is 57.5 Å². The molecule has 176 valence electrons. The van der Waals surface area contributed by atoms with Gasteiger partial charge in [-0.05, 0) is 55.2 Å². The summed E-state index contributed by atoms with van der Waals surface area (Å²) >= 11 is 3.10. The molecule has 1 heterocycles. The second-order valence-corrected chi connectivity index (χ2v) is 10.9. The Morgan fingerprint density at radius 3 is 2.34 bits per heavy atom. The molecule has 0 aliphatic rings. The number of unbranched alkanes of at least 4 members (excludes halogenated alkanes) is 1. The highest BCUT2D eigenvalue weighted by Crippen LogP contribution is 2.24. The molecule has 0 aliphatic heterocycles. The third-order valence-electron chi connectivity index (χ3n) is 4.68. The Morgan fingerprint density at radius 2 is 1.75 bits per heavy atom. The second kappa shape index (κ2) is 13.1. The average molecular weight is 477 g/mol. The van der Waals surface area contributed by atoms with E-state index in [2.05, 4.69) is 49.8 Å². The van der Waals surface area contributed by atoms with E-state index in [1.54, 1.807) is 11.8 Å². The molecule has 0 aliphatic carbocycles. The average Bonchev–Trinajstić information content (AvgIpc) is 2.72. The molecule has 0 spiro atoms. The number of benzene rings is 1. The van der Waals surface area contributed by atoms with Crippen LogP contribution in [0.4, 0.5) is 0 Å². The Labute approximate surface area is 201 Å². The lowest BCUT2D eigenvalue weighted by Crippen LogP contribution is -2.28. The monoisotopic (exact) mass is 476 g/mol.